The molecule has 0 radical (unpaired) electrons. The fourth-order valence-corrected chi connectivity index (χ4v) is 1.13. The van der Waals surface area contributed by atoms with E-state index < -0.39 is 5.54 Å². The zero-order chi connectivity index (χ0) is 11.0. The van der Waals surface area contributed by atoms with Crippen LogP contribution < -0.4 is 11.1 Å². The second-order valence-corrected chi connectivity index (χ2v) is 3.32. The van der Waals surface area contributed by atoms with Gasteiger partial charge in [0.05, 0.1) is 12.1 Å². The molecule has 0 aliphatic rings. The normalized spacial score (nSPS) is 11.4. The van der Waals surface area contributed by atoms with E-state index in [4.69, 9.17) is 10.5 Å². The summed E-state index contributed by atoms with van der Waals surface area (Å²) >= 11 is 0. The molecule has 0 fully saturated rings. The maximum atomic E-state index is 11.6. The van der Waals surface area contributed by atoms with Crippen LogP contribution in [0.5, 0.6) is 0 Å². The van der Waals surface area contributed by atoms with Gasteiger partial charge in [0.25, 0.3) is 0 Å². The Morgan fingerprint density at radius 1 is 1.36 bits per heavy atom. The second-order valence-electron chi connectivity index (χ2n) is 3.32. The third-order valence-corrected chi connectivity index (χ3v) is 2.45. The van der Waals surface area contributed by atoms with Gasteiger partial charge in [0, 0.05) is 13.2 Å². The first-order valence-corrected chi connectivity index (χ1v) is 5.25. The minimum absolute atomic E-state index is 0.0813. The minimum atomic E-state index is -0.716. The average Bonchev–Trinajstić information content (AvgIpc) is 2.22. The zero-order valence-electron chi connectivity index (χ0n) is 9.43. The molecule has 4 heteroatoms. The number of ether oxygens (including phenoxy) is 1. The highest BCUT2D eigenvalue weighted by atomic mass is 16.5. The molecule has 1 amide bonds. The summed E-state index contributed by atoms with van der Waals surface area (Å²) in [6.07, 6.45) is 1.31. The Kier molecular flexibility index (Phi) is 6.49. The van der Waals surface area contributed by atoms with Crippen LogP contribution in [0.25, 0.3) is 0 Å². The third kappa shape index (κ3) is 4.07. The molecule has 0 bridgehead atoms. The maximum Gasteiger partial charge on any atom is 0.240 e. The van der Waals surface area contributed by atoms with Gasteiger partial charge in [-0.3, -0.25) is 4.79 Å². The second kappa shape index (κ2) is 6.79. The van der Waals surface area contributed by atoms with Gasteiger partial charge in [-0.25, -0.2) is 0 Å². The molecule has 0 unspecified atom stereocenters. The van der Waals surface area contributed by atoms with Crippen LogP contribution in [-0.2, 0) is 9.53 Å². The summed E-state index contributed by atoms with van der Waals surface area (Å²) in [6, 6.07) is 0. The van der Waals surface area contributed by atoms with Crippen LogP contribution in [0, 0.1) is 0 Å². The maximum absolute atomic E-state index is 11.6. The summed E-state index contributed by atoms with van der Waals surface area (Å²) in [6.45, 7) is 7.52. The quantitative estimate of drug-likeness (QED) is 0.596. The standard InChI is InChI=1S/C10H22N2O2/c1-4-10(11,5-2)9(13)12-7-8-14-6-3/h4-8,11H2,1-3H3,(H,12,13). The lowest BCUT2D eigenvalue weighted by atomic mass is 9.93. The molecule has 0 heterocycles. The van der Waals surface area contributed by atoms with Crippen LogP contribution in [-0.4, -0.2) is 31.2 Å². The monoisotopic (exact) mass is 202 g/mol. The molecular weight excluding hydrogens is 180 g/mol. The Balaban J connectivity index is 3.82. The molecule has 0 saturated heterocycles. The molecule has 4 nitrogen and oxygen atoms in total. The SMILES string of the molecule is CCOCCNC(=O)C(N)(CC)CC. The highest BCUT2D eigenvalue weighted by Gasteiger charge is 2.29. The number of hydrogen-bond acceptors (Lipinski definition) is 3. The molecule has 0 aromatic heterocycles. The molecular formula is C10H22N2O2. The van der Waals surface area contributed by atoms with Crippen LogP contribution in [0.3, 0.4) is 0 Å². The van der Waals surface area contributed by atoms with E-state index in [1.165, 1.54) is 0 Å². The van der Waals surface area contributed by atoms with Crippen molar-refractivity contribution in [2.75, 3.05) is 19.8 Å². The summed E-state index contributed by atoms with van der Waals surface area (Å²) in [7, 11) is 0. The lowest BCUT2D eigenvalue weighted by Crippen LogP contribution is -2.53. The molecule has 0 aromatic carbocycles. The van der Waals surface area contributed by atoms with E-state index in [0.29, 0.717) is 32.6 Å². The first kappa shape index (κ1) is 13.4. The van der Waals surface area contributed by atoms with Gasteiger partial charge < -0.3 is 15.8 Å². The van der Waals surface area contributed by atoms with Gasteiger partial charge in [-0.1, -0.05) is 13.8 Å². The van der Waals surface area contributed by atoms with Crippen molar-refractivity contribution in [3.05, 3.63) is 0 Å². The number of nitrogens with two attached hydrogens (primary N) is 1. The van der Waals surface area contributed by atoms with Gasteiger partial charge in [-0.2, -0.15) is 0 Å². The van der Waals surface area contributed by atoms with Gasteiger partial charge >= 0.3 is 0 Å². The first-order valence-electron chi connectivity index (χ1n) is 5.25. The Hall–Kier alpha value is -0.610. The van der Waals surface area contributed by atoms with Crippen molar-refractivity contribution in [2.24, 2.45) is 5.73 Å². The van der Waals surface area contributed by atoms with E-state index in [1.54, 1.807) is 0 Å². The van der Waals surface area contributed by atoms with Crippen LogP contribution in [0.1, 0.15) is 33.6 Å². The molecule has 0 aliphatic heterocycles. The van der Waals surface area contributed by atoms with E-state index in [1.807, 2.05) is 20.8 Å². The van der Waals surface area contributed by atoms with Crippen molar-refractivity contribution < 1.29 is 9.53 Å². The summed E-state index contributed by atoms with van der Waals surface area (Å²) in [4.78, 5) is 11.6. The molecule has 14 heavy (non-hydrogen) atoms. The Bertz CT molecular complexity index is 168. The highest BCUT2D eigenvalue weighted by Crippen LogP contribution is 2.10. The topological polar surface area (TPSA) is 64.3 Å². The summed E-state index contributed by atoms with van der Waals surface area (Å²) in [5.41, 5.74) is 5.19. The molecule has 0 saturated carbocycles. The Labute approximate surface area is 86.2 Å². The smallest absolute Gasteiger partial charge is 0.240 e. The lowest BCUT2D eigenvalue weighted by Gasteiger charge is -2.25. The first-order chi connectivity index (χ1) is 6.60. The van der Waals surface area contributed by atoms with Crippen LogP contribution in [0.4, 0.5) is 0 Å². The Morgan fingerprint density at radius 3 is 2.36 bits per heavy atom. The predicted molar refractivity (Wildman–Crippen MR) is 57.0 cm³/mol. The Morgan fingerprint density at radius 2 is 1.93 bits per heavy atom. The molecule has 3 N–H and O–H groups in total. The van der Waals surface area contributed by atoms with Crippen molar-refractivity contribution in [3.63, 3.8) is 0 Å². The number of rotatable bonds is 7. The molecule has 84 valence electrons. The molecule has 0 spiro atoms. The van der Waals surface area contributed by atoms with Crippen molar-refractivity contribution in [2.45, 2.75) is 39.2 Å². The van der Waals surface area contributed by atoms with E-state index in [0.717, 1.165) is 0 Å². The fraction of sp³-hybridized carbons (Fsp3) is 0.900. The van der Waals surface area contributed by atoms with E-state index in [-0.39, 0.29) is 5.91 Å². The number of hydrogen-bond donors (Lipinski definition) is 2. The van der Waals surface area contributed by atoms with Crippen LogP contribution in [0.15, 0.2) is 0 Å². The minimum Gasteiger partial charge on any atom is -0.380 e. The summed E-state index contributed by atoms with van der Waals surface area (Å²) in [5.74, 6) is -0.0813. The van der Waals surface area contributed by atoms with Gasteiger partial charge in [-0.15, -0.1) is 0 Å². The molecule has 0 rings (SSSR count). The van der Waals surface area contributed by atoms with Gasteiger partial charge in [-0.05, 0) is 19.8 Å². The number of carbonyl (C=O) groups is 1. The predicted octanol–water partition coefficient (Wildman–Crippen LogP) is 0.657. The van der Waals surface area contributed by atoms with Crippen molar-refractivity contribution in [3.8, 4) is 0 Å². The third-order valence-electron chi connectivity index (χ3n) is 2.45. The number of carbonyl (C=O) groups excluding carboxylic acids is 1. The average molecular weight is 202 g/mol. The highest BCUT2D eigenvalue weighted by molar-refractivity contribution is 5.85. The molecule has 0 aliphatic carbocycles. The van der Waals surface area contributed by atoms with Crippen molar-refractivity contribution in [1.82, 2.24) is 5.32 Å². The van der Waals surface area contributed by atoms with Gasteiger partial charge in [0.15, 0.2) is 0 Å². The summed E-state index contributed by atoms with van der Waals surface area (Å²) in [5, 5.41) is 2.77. The van der Waals surface area contributed by atoms with Gasteiger partial charge in [0.2, 0.25) is 5.91 Å². The number of nitrogens with one attached hydrogen (secondary N) is 1. The van der Waals surface area contributed by atoms with E-state index >= 15 is 0 Å². The summed E-state index contributed by atoms with van der Waals surface area (Å²) < 4.78 is 5.11. The zero-order valence-corrected chi connectivity index (χ0v) is 9.43. The van der Waals surface area contributed by atoms with Crippen molar-refractivity contribution in [1.29, 1.82) is 0 Å². The van der Waals surface area contributed by atoms with Crippen LogP contribution >= 0.6 is 0 Å². The van der Waals surface area contributed by atoms with E-state index in [9.17, 15) is 4.79 Å². The fourth-order valence-electron chi connectivity index (χ4n) is 1.13. The van der Waals surface area contributed by atoms with Crippen LogP contribution in [0.2, 0.25) is 0 Å². The number of amides is 1. The van der Waals surface area contributed by atoms with Gasteiger partial charge in [0.1, 0.15) is 0 Å². The molecule has 0 atom stereocenters. The lowest BCUT2D eigenvalue weighted by molar-refractivity contribution is -0.126. The van der Waals surface area contributed by atoms with E-state index in [2.05, 4.69) is 5.32 Å². The largest absolute Gasteiger partial charge is 0.380 e. The van der Waals surface area contributed by atoms with Crippen molar-refractivity contribution >= 4 is 5.91 Å². The molecule has 0 aromatic rings.